The predicted molar refractivity (Wildman–Crippen MR) is 68.2 cm³/mol. The number of ether oxygens (including phenoxy) is 2. The zero-order valence-corrected chi connectivity index (χ0v) is 11.8. The summed E-state index contributed by atoms with van der Waals surface area (Å²) in [6.45, 7) is 3.18. The third-order valence-corrected chi connectivity index (χ3v) is 3.35. The third kappa shape index (κ3) is 7.16. The normalized spacial score (nSPS) is 13.3. The van der Waals surface area contributed by atoms with Crippen LogP contribution < -0.4 is 5.32 Å². The standard InChI is InChI=1S/C11H19NO5S/c1-7(5-10(14)16-3)18-6-9(11(15)17-4)12-8(2)13/h7,9H,5-6H2,1-4H3,(H,12,13)/t7?,9-/m0/s1. The lowest BCUT2D eigenvalue weighted by Crippen LogP contribution is -2.42. The van der Waals surface area contributed by atoms with Crippen LogP contribution in [0.25, 0.3) is 0 Å². The fourth-order valence-electron chi connectivity index (χ4n) is 1.19. The molecule has 0 bridgehead atoms. The van der Waals surface area contributed by atoms with Gasteiger partial charge in [0.05, 0.1) is 20.6 Å². The van der Waals surface area contributed by atoms with E-state index in [0.29, 0.717) is 5.75 Å². The molecule has 0 aliphatic rings. The fourth-order valence-corrected chi connectivity index (χ4v) is 2.19. The molecular weight excluding hydrogens is 258 g/mol. The second kappa shape index (κ2) is 8.79. The van der Waals surface area contributed by atoms with Crippen molar-refractivity contribution in [2.24, 2.45) is 0 Å². The molecule has 0 fully saturated rings. The monoisotopic (exact) mass is 277 g/mol. The Labute approximate surface area is 111 Å². The van der Waals surface area contributed by atoms with Crippen LogP contribution >= 0.6 is 11.8 Å². The van der Waals surface area contributed by atoms with E-state index in [9.17, 15) is 14.4 Å². The zero-order chi connectivity index (χ0) is 14.1. The average Bonchev–Trinajstić information content (AvgIpc) is 2.32. The first-order chi connectivity index (χ1) is 8.40. The van der Waals surface area contributed by atoms with Crippen LogP contribution in [0.3, 0.4) is 0 Å². The van der Waals surface area contributed by atoms with E-state index in [-0.39, 0.29) is 23.5 Å². The molecule has 0 rings (SSSR count). The molecule has 0 spiro atoms. The second-order valence-corrected chi connectivity index (χ2v) is 5.17. The molecule has 6 nitrogen and oxygen atoms in total. The molecule has 1 unspecified atom stereocenters. The molecule has 2 atom stereocenters. The minimum absolute atomic E-state index is 0.00151. The smallest absolute Gasteiger partial charge is 0.329 e. The average molecular weight is 277 g/mol. The Bertz CT molecular complexity index is 308. The van der Waals surface area contributed by atoms with Crippen LogP contribution in [0.15, 0.2) is 0 Å². The first kappa shape index (κ1) is 16.8. The molecule has 18 heavy (non-hydrogen) atoms. The number of carbonyl (C=O) groups excluding carboxylic acids is 3. The summed E-state index contributed by atoms with van der Waals surface area (Å²) in [4.78, 5) is 33.4. The first-order valence-electron chi connectivity index (χ1n) is 5.44. The lowest BCUT2D eigenvalue weighted by Gasteiger charge is -2.17. The summed E-state index contributed by atoms with van der Waals surface area (Å²) in [6, 6.07) is -0.697. The Morgan fingerprint density at radius 1 is 1.22 bits per heavy atom. The minimum Gasteiger partial charge on any atom is -0.469 e. The van der Waals surface area contributed by atoms with Gasteiger partial charge in [-0.25, -0.2) is 4.79 Å². The van der Waals surface area contributed by atoms with E-state index in [1.807, 2.05) is 6.92 Å². The van der Waals surface area contributed by atoms with Crippen molar-refractivity contribution in [3.63, 3.8) is 0 Å². The molecule has 0 aliphatic heterocycles. The summed E-state index contributed by atoms with van der Waals surface area (Å²) in [5.74, 6) is -0.747. The maximum absolute atomic E-state index is 11.4. The highest BCUT2D eigenvalue weighted by molar-refractivity contribution is 7.99. The zero-order valence-electron chi connectivity index (χ0n) is 11.0. The number of hydrogen-bond donors (Lipinski definition) is 1. The topological polar surface area (TPSA) is 81.7 Å². The van der Waals surface area contributed by atoms with Crippen molar-refractivity contribution in [2.45, 2.75) is 31.6 Å². The predicted octanol–water partition coefficient (Wildman–Crippen LogP) is 0.349. The molecule has 0 aromatic carbocycles. The number of thioether (sulfide) groups is 1. The Kier molecular flexibility index (Phi) is 8.19. The third-order valence-electron chi connectivity index (χ3n) is 2.09. The summed E-state index contributed by atoms with van der Waals surface area (Å²) in [6.07, 6.45) is 0.259. The lowest BCUT2D eigenvalue weighted by atomic mass is 10.3. The number of nitrogens with one attached hydrogen (secondary N) is 1. The van der Waals surface area contributed by atoms with E-state index in [4.69, 9.17) is 0 Å². The maximum atomic E-state index is 11.4. The van der Waals surface area contributed by atoms with Crippen LogP contribution in [0.1, 0.15) is 20.3 Å². The molecule has 0 aromatic heterocycles. The quantitative estimate of drug-likeness (QED) is 0.676. The Hall–Kier alpha value is -1.24. The molecule has 0 aromatic rings. The van der Waals surface area contributed by atoms with Crippen LogP contribution in [-0.2, 0) is 23.9 Å². The van der Waals surface area contributed by atoms with Gasteiger partial charge in [0.25, 0.3) is 0 Å². The van der Waals surface area contributed by atoms with Gasteiger partial charge in [-0.05, 0) is 0 Å². The van der Waals surface area contributed by atoms with E-state index in [1.54, 1.807) is 0 Å². The van der Waals surface area contributed by atoms with Crippen molar-refractivity contribution in [3.8, 4) is 0 Å². The first-order valence-corrected chi connectivity index (χ1v) is 6.49. The SMILES string of the molecule is COC(=O)CC(C)SC[C@H](NC(C)=O)C(=O)OC. The van der Waals surface area contributed by atoms with E-state index in [1.165, 1.54) is 32.9 Å². The van der Waals surface area contributed by atoms with Crippen molar-refractivity contribution < 1.29 is 23.9 Å². The summed E-state index contributed by atoms with van der Waals surface area (Å²) < 4.78 is 9.14. The summed E-state index contributed by atoms with van der Waals surface area (Å²) in [7, 11) is 2.59. The van der Waals surface area contributed by atoms with Gasteiger partial charge in [-0.1, -0.05) is 6.92 Å². The van der Waals surface area contributed by atoms with Gasteiger partial charge >= 0.3 is 11.9 Å². The van der Waals surface area contributed by atoms with E-state index < -0.39 is 12.0 Å². The number of esters is 2. The van der Waals surface area contributed by atoms with Crippen LogP contribution in [0, 0.1) is 0 Å². The van der Waals surface area contributed by atoms with Gasteiger partial charge in [0.1, 0.15) is 6.04 Å². The molecule has 0 radical (unpaired) electrons. The Morgan fingerprint density at radius 3 is 2.28 bits per heavy atom. The molecular formula is C11H19NO5S. The lowest BCUT2D eigenvalue weighted by molar-refractivity contribution is -0.144. The highest BCUT2D eigenvalue weighted by atomic mass is 32.2. The number of carbonyl (C=O) groups is 3. The van der Waals surface area contributed by atoms with Gasteiger partial charge < -0.3 is 14.8 Å². The van der Waals surface area contributed by atoms with Crippen LogP contribution in [0.2, 0.25) is 0 Å². The van der Waals surface area contributed by atoms with Gasteiger partial charge in [0.15, 0.2) is 0 Å². The largest absolute Gasteiger partial charge is 0.469 e. The summed E-state index contributed by atoms with van der Waals surface area (Å²) >= 11 is 1.40. The molecule has 0 aliphatic carbocycles. The molecule has 0 heterocycles. The molecule has 0 saturated carbocycles. The van der Waals surface area contributed by atoms with Gasteiger partial charge in [0.2, 0.25) is 5.91 Å². The summed E-state index contributed by atoms with van der Waals surface area (Å²) in [5, 5.41) is 2.50. The van der Waals surface area contributed by atoms with Gasteiger partial charge in [-0.3, -0.25) is 9.59 Å². The molecule has 1 amide bonds. The Balaban J connectivity index is 4.21. The number of amides is 1. The van der Waals surface area contributed by atoms with Crippen molar-refractivity contribution in [3.05, 3.63) is 0 Å². The highest BCUT2D eigenvalue weighted by Crippen LogP contribution is 2.16. The van der Waals surface area contributed by atoms with E-state index >= 15 is 0 Å². The van der Waals surface area contributed by atoms with E-state index in [2.05, 4.69) is 14.8 Å². The van der Waals surface area contributed by atoms with Crippen LogP contribution in [0.4, 0.5) is 0 Å². The maximum Gasteiger partial charge on any atom is 0.329 e. The fraction of sp³-hybridized carbons (Fsp3) is 0.727. The van der Waals surface area contributed by atoms with E-state index in [0.717, 1.165) is 0 Å². The number of hydrogen-bond acceptors (Lipinski definition) is 6. The van der Waals surface area contributed by atoms with Gasteiger partial charge in [-0.2, -0.15) is 11.8 Å². The molecule has 1 N–H and O–H groups in total. The molecule has 7 heteroatoms. The van der Waals surface area contributed by atoms with Gasteiger partial charge in [-0.15, -0.1) is 0 Å². The second-order valence-electron chi connectivity index (χ2n) is 3.70. The van der Waals surface area contributed by atoms with Crippen molar-refractivity contribution in [2.75, 3.05) is 20.0 Å². The Morgan fingerprint density at radius 2 is 1.83 bits per heavy atom. The molecule has 0 saturated heterocycles. The van der Waals surface area contributed by atoms with Crippen molar-refractivity contribution in [1.29, 1.82) is 0 Å². The van der Waals surface area contributed by atoms with Gasteiger partial charge in [0, 0.05) is 17.9 Å². The van der Waals surface area contributed by atoms with Crippen molar-refractivity contribution >= 4 is 29.6 Å². The van der Waals surface area contributed by atoms with Crippen molar-refractivity contribution in [1.82, 2.24) is 5.32 Å². The number of rotatable bonds is 7. The summed E-state index contributed by atoms with van der Waals surface area (Å²) in [5.41, 5.74) is 0. The highest BCUT2D eigenvalue weighted by Gasteiger charge is 2.21. The molecule has 104 valence electrons. The number of methoxy groups -OCH3 is 2. The minimum atomic E-state index is -0.697. The van der Waals surface area contributed by atoms with Crippen LogP contribution in [-0.4, -0.2) is 49.1 Å². The van der Waals surface area contributed by atoms with Crippen LogP contribution in [0.5, 0.6) is 0 Å².